The highest BCUT2D eigenvalue weighted by Crippen LogP contribution is 2.37. The van der Waals surface area contributed by atoms with Crippen LogP contribution in [0.15, 0.2) is 16.7 Å². The molecule has 1 fully saturated rings. The van der Waals surface area contributed by atoms with Gasteiger partial charge in [0.2, 0.25) is 0 Å². The summed E-state index contributed by atoms with van der Waals surface area (Å²) in [7, 11) is 0. The third-order valence-corrected chi connectivity index (χ3v) is 3.52. The van der Waals surface area contributed by atoms with Crippen LogP contribution < -0.4 is 4.90 Å². The predicted molar refractivity (Wildman–Crippen MR) is 67.9 cm³/mol. The first-order valence-corrected chi connectivity index (χ1v) is 6.64. The van der Waals surface area contributed by atoms with Crippen LogP contribution in [-0.4, -0.2) is 24.4 Å². The fourth-order valence-electron chi connectivity index (χ4n) is 2.21. The van der Waals surface area contributed by atoms with E-state index in [1.165, 1.54) is 11.1 Å². The number of hydrogen-bond acceptors (Lipinski definition) is 3. The lowest BCUT2D eigenvalue weighted by molar-refractivity contribution is -0.137. The van der Waals surface area contributed by atoms with Crippen LogP contribution >= 0.6 is 15.9 Å². The summed E-state index contributed by atoms with van der Waals surface area (Å²) < 4.78 is 39.3. The Kier molecular flexibility index (Phi) is 4.13. The van der Waals surface area contributed by atoms with E-state index in [4.69, 9.17) is 0 Å². The highest BCUT2D eigenvalue weighted by molar-refractivity contribution is 9.10. The maximum atomic E-state index is 13.0. The van der Waals surface area contributed by atoms with E-state index < -0.39 is 11.7 Å². The van der Waals surface area contributed by atoms with Crippen LogP contribution in [0.5, 0.6) is 0 Å². The van der Waals surface area contributed by atoms with Gasteiger partial charge in [-0.1, -0.05) is 0 Å². The van der Waals surface area contributed by atoms with Gasteiger partial charge in [0.15, 0.2) is 0 Å². The topological polar surface area (TPSA) is 33.2 Å². The number of hydrogen-bond donors (Lipinski definition) is 0. The molecule has 104 valence electrons. The number of piperidine rings is 1. The van der Waals surface area contributed by atoms with Crippen LogP contribution in [0.1, 0.15) is 18.4 Å². The Morgan fingerprint density at radius 3 is 2.84 bits per heavy atom. The molecule has 2 heterocycles. The zero-order valence-corrected chi connectivity index (χ0v) is 11.5. The first-order valence-electron chi connectivity index (χ1n) is 5.85. The van der Waals surface area contributed by atoms with Crippen LogP contribution in [0.4, 0.5) is 19.0 Å². The molecule has 7 heteroatoms. The lowest BCUT2D eigenvalue weighted by Crippen LogP contribution is -2.37. The van der Waals surface area contributed by atoms with Crippen LogP contribution in [0.2, 0.25) is 0 Å². The van der Waals surface area contributed by atoms with Gasteiger partial charge in [0.25, 0.3) is 0 Å². The molecule has 1 aliphatic heterocycles. The van der Waals surface area contributed by atoms with Gasteiger partial charge < -0.3 is 9.69 Å². The summed E-state index contributed by atoms with van der Waals surface area (Å²) in [5, 5.41) is 0. The average Bonchev–Trinajstić information content (AvgIpc) is 2.37. The van der Waals surface area contributed by atoms with Gasteiger partial charge in [-0.3, -0.25) is 0 Å². The van der Waals surface area contributed by atoms with E-state index in [1.807, 2.05) is 0 Å². The zero-order valence-electron chi connectivity index (χ0n) is 9.95. The second kappa shape index (κ2) is 5.48. The van der Waals surface area contributed by atoms with Gasteiger partial charge in [0.1, 0.15) is 12.1 Å². The first-order chi connectivity index (χ1) is 8.91. The molecule has 0 radical (unpaired) electrons. The average molecular weight is 337 g/mol. The zero-order chi connectivity index (χ0) is 14.0. The van der Waals surface area contributed by atoms with Gasteiger partial charge in [0, 0.05) is 29.7 Å². The Morgan fingerprint density at radius 1 is 1.47 bits per heavy atom. The van der Waals surface area contributed by atoms with Crippen molar-refractivity contribution < 1.29 is 18.0 Å². The molecule has 3 nitrogen and oxygen atoms in total. The summed E-state index contributed by atoms with van der Waals surface area (Å²) in [6, 6.07) is 1.02. The summed E-state index contributed by atoms with van der Waals surface area (Å²) >= 11 is 3.00. The van der Waals surface area contributed by atoms with Crippen molar-refractivity contribution in [3.63, 3.8) is 0 Å². The third-order valence-electron chi connectivity index (χ3n) is 3.09. The first kappa shape index (κ1) is 14.3. The Morgan fingerprint density at radius 2 is 2.21 bits per heavy atom. The van der Waals surface area contributed by atoms with E-state index in [1.54, 1.807) is 0 Å². The minimum Gasteiger partial charge on any atom is -0.355 e. The second-order valence-corrected chi connectivity index (χ2v) is 5.42. The Bertz CT molecular complexity index is 479. The standard InChI is InChI=1S/C12H12BrF3N2O/c13-9-4-10(12(14,15)16)11(17-5-9)18-3-1-2-8(6-18)7-19/h4-5,7-8H,1-3,6H2. The van der Waals surface area contributed by atoms with Crippen molar-refractivity contribution >= 4 is 28.0 Å². The number of nitrogens with zero attached hydrogens (tertiary/aromatic N) is 2. The van der Waals surface area contributed by atoms with Crippen molar-refractivity contribution in [3.05, 3.63) is 22.3 Å². The second-order valence-electron chi connectivity index (χ2n) is 4.51. The summed E-state index contributed by atoms with van der Waals surface area (Å²) in [5.74, 6) is -0.317. The molecule has 0 aliphatic carbocycles. The van der Waals surface area contributed by atoms with Gasteiger partial charge in [-0.2, -0.15) is 13.2 Å². The third kappa shape index (κ3) is 3.26. The largest absolute Gasteiger partial charge is 0.419 e. The summed E-state index contributed by atoms with van der Waals surface area (Å²) in [6.45, 7) is 0.781. The van der Waals surface area contributed by atoms with Gasteiger partial charge in [-0.05, 0) is 34.8 Å². The van der Waals surface area contributed by atoms with Crippen LogP contribution in [-0.2, 0) is 11.0 Å². The van der Waals surface area contributed by atoms with Gasteiger partial charge in [-0.15, -0.1) is 0 Å². The SMILES string of the molecule is O=CC1CCCN(c2ncc(Br)cc2C(F)(F)F)C1. The number of aldehydes is 1. The molecular weight excluding hydrogens is 325 g/mol. The number of halogens is 4. The molecule has 0 amide bonds. The molecular formula is C12H12BrF3N2O. The molecule has 2 rings (SSSR count). The molecule has 1 aliphatic rings. The summed E-state index contributed by atoms with van der Waals surface area (Å²) in [6.07, 6.45) is -0.899. The number of aromatic nitrogens is 1. The van der Waals surface area contributed by atoms with Crippen LogP contribution in [0.3, 0.4) is 0 Å². The van der Waals surface area contributed by atoms with Crippen molar-refractivity contribution in [2.45, 2.75) is 19.0 Å². The van der Waals surface area contributed by atoms with E-state index >= 15 is 0 Å². The van der Waals surface area contributed by atoms with E-state index in [0.29, 0.717) is 19.5 Å². The van der Waals surface area contributed by atoms with Crippen molar-refractivity contribution in [2.24, 2.45) is 5.92 Å². The van der Waals surface area contributed by atoms with Gasteiger partial charge >= 0.3 is 6.18 Å². The Labute approximate surface area is 116 Å². The molecule has 0 aromatic carbocycles. The fourth-order valence-corrected chi connectivity index (χ4v) is 2.54. The maximum absolute atomic E-state index is 13.0. The van der Waals surface area contributed by atoms with Crippen LogP contribution in [0, 0.1) is 5.92 Å². The number of carbonyl (C=O) groups excluding carboxylic acids is 1. The van der Waals surface area contributed by atoms with Gasteiger partial charge in [-0.25, -0.2) is 4.98 Å². The number of carbonyl (C=O) groups is 1. The quantitative estimate of drug-likeness (QED) is 0.777. The van der Waals surface area contributed by atoms with Crippen molar-refractivity contribution in [2.75, 3.05) is 18.0 Å². The van der Waals surface area contributed by atoms with Crippen molar-refractivity contribution in [1.29, 1.82) is 0 Å². The smallest absolute Gasteiger partial charge is 0.355 e. The number of pyridine rings is 1. The molecule has 1 aromatic heterocycles. The molecule has 19 heavy (non-hydrogen) atoms. The molecule has 1 aromatic rings. The molecule has 0 N–H and O–H groups in total. The van der Waals surface area contributed by atoms with Crippen molar-refractivity contribution in [3.8, 4) is 0 Å². The minimum absolute atomic E-state index is 0.0951. The molecule has 1 atom stereocenters. The van der Waals surface area contributed by atoms with Crippen molar-refractivity contribution in [1.82, 2.24) is 4.98 Å². The Balaban J connectivity index is 2.36. The van der Waals surface area contributed by atoms with E-state index in [0.717, 1.165) is 18.8 Å². The van der Waals surface area contributed by atoms with Crippen LogP contribution in [0.25, 0.3) is 0 Å². The monoisotopic (exact) mass is 336 g/mol. The van der Waals surface area contributed by atoms with E-state index in [9.17, 15) is 18.0 Å². The molecule has 1 saturated heterocycles. The summed E-state index contributed by atoms with van der Waals surface area (Å²) in [4.78, 5) is 16.2. The normalized spacial score (nSPS) is 20.4. The summed E-state index contributed by atoms with van der Waals surface area (Å²) in [5.41, 5.74) is -0.770. The lowest BCUT2D eigenvalue weighted by atomic mass is 9.99. The van der Waals surface area contributed by atoms with E-state index in [2.05, 4.69) is 20.9 Å². The predicted octanol–water partition coefficient (Wildman–Crippen LogP) is 3.28. The number of rotatable bonds is 2. The molecule has 0 spiro atoms. The Hall–Kier alpha value is -1.11. The van der Waals surface area contributed by atoms with Gasteiger partial charge in [0.05, 0.1) is 5.56 Å². The lowest BCUT2D eigenvalue weighted by Gasteiger charge is -2.32. The number of alkyl halides is 3. The molecule has 0 bridgehead atoms. The maximum Gasteiger partial charge on any atom is 0.419 e. The highest BCUT2D eigenvalue weighted by Gasteiger charge is 2.37. The minimum atomic E-state index is -4.46. The fraction of sp³-hybridized carbons (Fsp3) is 0.500. The molecule has 0 saturated carbocycles. The molecule has 1 unspecified atom stereocenters. The van der Waals surface area contributed by atoms with E-state index in [-0.39, 0.29) is 16.2 Å². The number of anilines is 1. The highest BCUT2D eigenvalue weighted by atomic mass is 79.9.